The van der Waals surface area contributed by atoms with Crippen LogP contribution in [0.4, 0.5) is 0 Å². The molecule has 1 aromatic rings. The number of hydrogen-bond acceptors (Lipinski definition) is 3. The van der Waals surface area contributed by atoms with Crippen LogP contribution in [-0.4, -0.2) is 52.2 Å². The molecule has 2 aliphatic rings. The quantitative estimate of drug-likeness (QED) is 0.814. The maximum absolute atomic E-state index is 13.0. The van der Waals surface area contributed by atoms with Crippen molar-refractivity contribution < 1.29 is 9.53 Å². The van der Waals surface area contributed by atoms with E-state index in [0.717, 1.165) is 54.1 Å². The molecule has 0 bridgehead atoms. The summed E-state index contributed by atoms with van der Waals surface area (Å²) >= 11 is 5.39. The fourth-order valence-corrected chi connectivity index (χ4v) is 4.81. The summed E-state index contributed by atoms with van der Waals surface area (Å²) in [6, 6.07) is 2.26. The van der Waals surface area contributed by atoms with Gasteiger partial charge in [-0.15, -0.1) is 0 Å². The monoisotopic (exact) mass is 372 g/mol. The molecule has 0 aliphatic carbocycles. The molecule has 0 saturated carbocycles. The molecule has 2 aliphatic heterocycles. The molecular weight excluding hydrogens is 352 g/mol. The molecule has 3 rings (SSSR count). The molecule has 1 aromatic heterocycles. The van der Waals surface area contributed by atoms with Gasteiger partial charge >= 0.3 is 0 Å². The summed E-state index contributed by atoms with van der Waals surface area (Å²) in [5.74, 6) is 2.33. The number of thioether (sulfide) groups is 1. The first-order valence-electron chi connectivity index (χ1n) is 7.47. The molecule has 2 fully saturated rings. The van der Waals surface area contributed by atoms with E-state index >= 15 is 0 Å². The molecule has 3 heterocycles. The molecule has 4 nitrogen and oxygen atoms in total. The number of nitrogens with zero attached hydrogens (tertiary/aromatic N) is 2. The van der Waals surface area contributed by atoms with Gasteiger partial charge in [-0.05, 0) is 47.0 Å². The SMILES string of the molecule is Cn1cc(Br)cc1C(=O)N(CC1CCCO1)C1CCSC1. The highest BCUT2D eigenvalue weighted by molar-refractivity contribution is 9.10. The minimum absolute atomic E-state index is 0.131. The molecule has 21 heavy (non-hydrogen) atoms. The van der Waals surface area contributed by atoms with E-state index in [1.54, 1.807) is 0 Å². The summed E-state index contributed by atoms with van der Waals surface area (Å²) in [6.07, 6.45) is 5.42. The van der Waals surface area contributed by atoms with Crippen LogP contribution in [0, 0.1) is 0 Å². The minimum atomic E-state index is 0.131. The van der Waals surface area contributed by atoms with E-state index < -0.39 is 0 Å². The molecule has 6 heteroatoms. The Morgan fingerprint density at radius 1 is 1.57 bits per heavy atom. The van der Waals surface area contributed by atoms with Gasteiger partial charge in [-0.1, -0.05) is 0 Å². The molecule has 0 N–H and O–H groups in total. The lowest BCUT2D eigenvalue weighted by Crippen LogP contribution is -2.45. The Balaban J connectivity index is 1.79. The van der Waals surface area contributed by atoms with Crippen LogP contribution >= 0.6 is 27.7 Å². The van der Waals surface area contributed by atoms with Gasteiger partial charge in [0.25, 0.3) is 5.91 Å². The molecule has 2 atom stereocenters. The van der Waals surface area contributed by atoms with Gasteiger partial charge in [0.05, 0.1) is 6.10 Å². The Morgan fingerprint density at radius 3 is 3.00 bits per heavy atom. The maximum Gasteiger partial charge on any atom is 0.270 e. The average molecular weight is 373 g/mol. The van der Waals surface area contributed by atoms with Gasteiger partial charge < -0.3 is 14.2 Å². The van der Waals surface area contributed by atoms with Crippen molar-refractivity contribution in [3.05, 3.63) is 22.4 Å². The van der Waals surface area contributed by atoms with Gasteiger partial charge in [-0.3, -0.25) is 4.79 Å². The van der Waals surface area contributed by atoms with E-state index in [-0.39, 0.29) is 12.0 Å². The largest absolute Gasteiger partial charge is 0.376 e. The molecule has 0 radical (unpaired) electrons. The van der Waals surface area contributed by atoms with Crippen LogP contribution in [0.5, 0.6) is 0 Å². The molecular formula is C15H21BrN2O2S. The number of hydrogen-bond donors (Lipinski definition) is 0. The van der Waals surface area contributed by atoms with Crippen LogP contribution in [0.3, 0.4) is 0 Å². The van der Waals surface area contributed by atoms with E-state index in [0.29, 0.717) is 6.04 Å². The fraction of sp³-hybridized carbons (Fsp3) is 0.667. The van der Waals surface area contributed by atoms with Gasteiger partial charge in [0, 0.05) is 42.7 Å². The summed E-state index contributed by atoms with van der Waals surface area (Å²) in [7, 11) is 1.92. The van der Waals surface area contributed by atoms with E-state index in [1.165, 1.54) is 0 Å². The van der Waals surface area contributed by atoms with Gasteiger partial charge in [-0.2, -0.15) is 11.8 Å². The zero-order chi connectivity index (χ0) is 14.8. The molecule has 2 saturated heterocycles. The highest BCUT2D eigenvalue weighted by atomic mass is 79.9. The normalized spacial score (nSPS) is 25.4. The number of carbonyl (C=O) groups is 1. The zero-order valence-corrected chi connectivity index (χ0v) is 14.7. The van der Waals surface area contributed by atoms with Crippen molar-refractivity contribution in [2.75, 3.05) is 24.7 Å². The summed E-state index contributed by atoms with van der Waals surface area (Å²) in [5.41, 5.74) is 0.747. The smallest absolute Gasteiger partial charge is 0.270 e. The van der Waals surface area contributed by atoms with E-state index in [1.807, 2.05) is 35.6 Å². The van der Waals surface area contributed by atoms with Crippen molar-refractivity contribution in [3.8, 4) is 0 Å². The van der Waals surface area contributed by atoms with E-state index in [9.17, 15) is 4.79 Å². The van der Waals surface area contributed by atoms with Crippen LogP contribution in [0.2, 0.25) is 0 Å². The number of aryl methyl sites for hydroxylation is 1. The van der Waals surface area contributed by atoms with Crippen LogP contribution in [0.15, 0.2) is 16.7 Å². The van der Waals surface area contributed by atoms with Gasteiger partial charge in [-0.25, -0.2) is 0 Å². The lowest BCUT2D eigenvalue weighted by molar-refractivity contribution is 0.0434. The molecule has 2 unspecified atom stereocenters. The van der Waals surface area contributed by atoms with Crippen molar-refractivity contribution in [3.63, 3.8) is 0 Å². The van der Waals surface area contributed by atoms with E-state index in [4.69, 9.17) is 4.74 Å². The number of amides is 1. The molecule has 0 spiro atoms. The Hall–Kier alpha value is -0.460. The van der Waals surface area contributed by atoms with Crippen LogP contribution in [-0.2, 0) is 11.8 Å². The second kappa shape index (κ2) is 6.75. The lowest BCUT2D eigenvalue weighted by Gasteiger charge is -2.30. The Labute approximate surface area is 138 Å². The summed E-state index contributed by atoms with van der Waals surface area (Å²) in [5, 5.41) is 0. The van der Waals surface area contributed by atoms with Crippen molar-refractivity contribution in [2.24, 2.45) is 7.05 Å². The average Bonchev–Trinajstić information content (AvgIpc) is 3.16. The fourth-order valence-electron chi connectivity index (χ4n) is 3.06. The Kier molecular flexibility index (Phi) is 4.96. The third-order valence-corrected chi connectivity index (χ3v) is 5.80. The van der Waals surface area contributed by atoms with Crippen molar-refractivity contribution in [2.45, 2.75) is 31.4 Å². The number of ether oxygens (including phenoxy) is 1. The predicted molar refractivity (Wildman–Crippen MR) is 88.9 cm³/mol. The standard InChI is InChI=1S/C15H21BrN2O2S/c1-17-8-11(16)7-14(17)15(19)18(12-4-6-21-10-12)9-13-3-2-5-20-13/h7-8,12-13H,2-6,9-10H2,1H3. The summed E-state index contributed by atoms with van der Waals surface area (Å²) in [6.45, 7) is 1.56. The van der Waals surface area contributed by atoms with E-state index in [2.05, 4.69) is 20.8 Å². The number of rotatable bonds is 4. The highest BCUT2D eigenvalue weighted by Crippen LogP contribution is 2.26. The zero-order valence-electron chi connectivity index (χ0n) is 12.3. The van der Waals surface area contributed by atoms with Crippen molar-refractivity contribution in [1.82, 2.24) is 9.47 Å². The minimum Gasteiger partial charge on any atom is -0.376 e. The third-order valence-electron chi connectivity index (χ3n) is 4.22. The predicted octanol–water partition coefficient (Wildman–Crippen LogP) is 2.91. The second-order valence-electron chi connectivity index (χ2n) is 5.76. The van der Waals surface area contributed by atoms with Crippen LogP contribution in [0.1, 0.15) is 29.8 Å². The molecule has 116 valence electrons. The van der Waals surface area contributed by atoms with Gasteiger partial charge in [0.15, 0.2) is 0 Å². The van der Waals surface area contributed by atoms with Crippen LogP contribution in [0.25, 0.3) is 0 Å². The van der Waals surface area contributed by atoms with Crippen LogP contribution < -0.4 is 0 Å². The first-order chi connectivity index (χ1) is 10.1. The number of halogens is 1. The van der Waals surface area contributed by atoms with Gasteiger partial charge in [0.1, 0.15) is 5.69 Å². The van der Waals surface area contributed by atoms with Gasteiger partial charge in [0.2, 0.25) is 0 Å². The second-order valence-corrected chi connectivity index (χ2v) is 7.83. The topological polar surface area (TPSA) is 34.5 Å². The Bertz CT molecular complexity index is 508. The highest BCUT2D eigenvalue weighted by Gasteiger charge is 2.32. The Morgan fingerprint density at radius 2 is 2.43 bits per heavy atom. The lowest BCUT2D eigenvalue weighted by atomic mass is 10.1. The number of aromatic nitrogens is 1. The molecule has 0 aromatic carbocycles. The summed E-state index contributed by atoms with van der Waals surface area (Å²) in [4.78, 5) is 15.0. The van der Waals surface area contributed by atoms with Crippen molar-refractivity contribution in [1.29, 1.82) is 0 Å². The first kappa shape index (κ1) is 15.4. The third kappa shape index (κ3) is 3.48. The molecule has 1 amide bonds. The maximum atomic E-state index is 13.0. The van der Waals surface area contributed by atoms with Crippen molar-refractivity contribution >= 4 is 33.6 Å². The summed E-state index contributed by atoms with van der Waals surface area (Å²) < 4.78 is 8.60. The number of carbonyl (C=O) groups excluding carboxylic acids is 1. The first-order valence-corrected chi connectivity index (χ1v) is 9.42.